The van der Waals surface area contributed by atoms with Gasteiger partial charge in [-0.3, -0.25) is 5.84 Å². The molecule has 0 aliphatic carbocycles. The summed E-state index contributed by atoms with van der Waals surface area (Å²) in [6.07, 6.45) is -4.74. The van der Waals surface area contributed by atoms with Gasteiger partial charge in [0.1, 0.15) is 5.82 Å². The normalized spacial score (nSPS) is 13.2. The fourth-order valence-electron chi connectivity index (χ4n) is 2.00. The summed E-state index contributed by atoms with van der Waals surface area (Å²) in [7, 11) is 0. The third-order valence-corrected chi connectivity index (χ3v) is 2.94. The van der Waals surface area contributed by atoms with E-state index in [2.05, 4.69) is 5.43 Å². The van der Waals surface area contributed by atoms with Crippen LogP contribution in [0.2, 0.25) is 0 Å². The quantitative estimate of drug-likeness (QED) is 0.515. The third-order valence-electron chi connectivity index (χ3n) is 2.94. The SMILES string of the molecule is NN[C@@H](c1ccccc1)c1cccc(C(F)(F)F)c1F. The molecule has 2 nitrogen and oxygen atoms in total. The van der Waals surface area contributed by atoms with Crippen LogP contribution in [0.15, 0.2) is 48.5 Å². The summed E-state index contributed by atoms with van der Waals surface area (Å²) in [6.45, 7) is 0. The van der Waals surface area contributed by atoms with E-state index in [1.54, 1.807) is 30.3 Å². The number of hydrogen-bond donors (Lipinski definition) is 2. The smallest absolute Gasteiger partial charge is 0.271 e. The van der Waals surface area contributed by atoms with Gasteiger partial charge in [-0.2, -0.15) is 13.2 Å². The highest BCUT2D eigenvalue weighted by Crippen LogP contribution is 2.35. The highest BCUT2D eigenvalue weighted by atomic mass is 19.4. The summed E-state index contributed by atoms with van der Waals surface area (Å²) in [6, 6.07) is 10.8. The summed E-state index contributed by atoms with van der Waals surface area (Å²) < 4.78 is 52.2. The minimum atomic E-state index is -4.74. The maximum absolute atomic E-state index is 14.1. The molecule has 0 bridgehead atoms. The zero-order valence-electron chi connectivity index (χ0n) is 10.3. The Kier molecular flexibility index (Phi) is 4.06. The van der Waals surface area contributed by atoms with Gasteiger partial charge in [0.2, 0.25) is 0 Å². The molecule has 0 spiro atoms. The number of alkyl halides is 3. The van der Waals surface area contributed by atoms with Crippen molar-refractivity contribution >= 4 is 0 Å². The molecule has 6 heteroatoms. The van der Waals surface area contributed by atoms with Crippen LogP contribution in [-0.2, 0) is 6.18 Å². The van der Waals surface area contributed by atoms with Crippen LogP contribution < -0.4 is 11.3 Å². The molecule has 0 aliphatic rings. The molecule has 0 aromatic heterocycles. The van der Waals surface area contributed by atoms with Gasteiger partial charge >= 0.3 is 6.18 Å². The van der Waals surface area contributed by atoms with Crippen LogP contribution in [-0.4, -0.2) is 0 Å². The highest BCUT2D eigenvalue weighted by Gasteiger charge is 2.35. The molecule has 106 valence electrons. The van der Waals surface area contributed by atoms with Gasteiger partial charge in [0.25, 0.3) is 0 Å². The standard InChI is InChI=1S/C14H12F4N2/c15-12-10(7-4-8-11(12)14(16,17)18)13(20-19)9-5-2-1-3-6-9/h1-8,13,20H,19H2/t13-/m0/s1. The molecular formula is C14H12F4N2. The summed E-state index contributed by atoms with van der Waals surface area (Å²) in [5.41, 5.74) is 1.48. The zero-order chi connectivity index (χ0) is 14.8. The van der Waals surface area contributed by atoms with Gasteiger partial charge in [-0.1, -0.05) is 42.5 Å². The van der Waals surface area contributed by atoms with Crippen molar-refractivity contribution in [2.75, 3.05) is 0 Å². The number of rotatable bonds is 3. The zero-order valence-corrected chi connectivity index (χ0v) is 10.3. The van der Waals surface area contributed by atoms with E-state index >= 15 is 0 Å². The summed E-state index contributed by atoms with van der Waals surface area (Å²) in [5, 5.41) is 0. The molecule has 0 fully saturated rings. The molecule has 0 radical (unpaired) electrons. The van der Waals surface area contributed by atoms with E-state index in [4.69, 9.17) is 5.84 Å². The van der Waals surface area contributed by atoms with Crippen molar-refractivity contribution in [3.63, 3.8) is 0 Å². The Morgan fingerprint density at radius 3 is 2.15 bits per heavy atom. The first-order valence-electron chi connectivity index (χ1n) is 5.82. The molecule has 0 amide bonds. The van der Waals surface area contributed by atoms with E-state index in [1.165, 1.54) is 6.07 Å². The lowest BCUT2D eigenvalue weighted by Gasteiger charge is -2.19. The van der Waals surface area contributed by atoms with E-state index in [1.807, 2.05) is 0 Å². The van der Waals surface area contributed by atoms with Crippen LogP contribution in [0.5, 0.6) is 0 Å². The Bertz CT molecular complexity index is 581. The van der Waals surface area contributed by atoms with Crippen molar-refractivity contribution in [1.29, 1.82) is 0 Å². The first-order chi connectivity index (χ1) is 9.45. The van der Waals surface area contributed by atoms with Crippen molar-refractivity contribution in [1.82, 2.24) is 5.43 Å². The van der Waals surface area contributed by atoms with Gasteiger partial charge in [-0.05, 0) is 11.6 Å². The first kappa shape index (κ1) is 14.5. The number of benzene rings is 2. The molecule has 1 atom stereocenters. The van der Waals surface area contributed by atoms with Gasteiger partial charge in [-0.25, -0.2) is 9.82 Å². The largest absolute Gasteiger partial charge is 0.419 e. The van der Waals surface area contributed by atoms with Gasteiger partial charge in [0, 0.05) is 5.56 Å². The van der Waals surface area contributed by atoms with Gasteiger partial charge < -0.3 is 0 Å². The Hall–Kier alpha value is -1.92. The predicted octanol–water partition coefficient (Wildman–Crippen LogP) is 3.40. The fraction of sp³-hybridized carbons (Fsp3) is 0.143. The Balaban J connectivity index is 2.52. The summed E-state index contributed by atoms with van der Waals surface area (Å²) in [4.78, 5) is 0. The molecule has 2 aromatic carbocycles. The number of nitrogens with two attached hydrogens (primary N) is 1. The van der Waals surface area contributed by atoms with Gasteiger partial charge in [-0.15, -0.1) is 0 Å². The molecule has 0 saturated heterocycles. The summed E-state index contributed by atoms with van der Waals surface area (Å²) >= 11 is 0. The Morgan fingerprint density at radius 2 is 1.60 bits per heavy atom. The van der Waals surface area contributed by atoms with E-state index in [9.17, 15) is 17.6 Å². The van der Waals surface area contributed by atoms with Crippen LogP contribution >= 0.6 is 0 Å². The van der Waals surface area contributed by atoms with Crippen LogP contribution in [0.4, 0.5) is 17.6 Å². The second kappa shape index (κ2) is 5.60. The van der Waals surface area contributed by atoms with Crippen molar-refractivity contribution < 1.29 is 17.6 Å². The van der Waals surface area contributed by atoms with Crippen molar-refractivity contribution in [3.8, 4) is 0 Å². The molecule has 20 heavy (non-hydrogen) atoms. The van der Waals surface area contributed by atoms with E-state index in [0.29, 0.717) is 11.6 Å². The molecule has 0 aliphatic heterocycles. The van der Waals surface area contributed by atoms with Crippen molar-refractivity contribution in [3.05, 3.63) is 71.0 Å². The molecule has 0 saturated carbocycles. The van der Waals surface area contributed by atoms with Gasteiger partial charge in [0.05, 0.1) is 11.6 Å². The molecule has 3 N–H and O–H groups in total. The molecule has 0 unspecified atom stereocenters. The second-order valence-corrected chi connectivity index (χ2v) is 4.22. The molecule has 2 rings (SSSR count). The van der Waals surface area contributed by atoms with E-state index in [-0.39, 0.29) is 5.56 Å². The van der Waals surface area contributed by atoms with E-state index < -0.39 is 23.6 Å². The topological polar surface area (TPSA) is 38.0 Å². The first-order valence-corrected chi connectivity index (χ1v) is 5.82. The number of hydrazine groups is 1. The van der Waals surface area contributed by atoms with Crippen LogP contribution in [0.3, 0.4) is 0 Å². The summed E-state index contributed by atoms with van der Waals surface area (Å²) in [5.74, 6) is 4.05. The second-order valence-electron chi connectivity index (χ2n) is 4.22. The number of halogens is 4. The van der Waals surface area contributed by atoms with Crippen LogP contribution in [0, 0.1) is 5.82 Å². The molecule has 0 heterocycles. The lowest BCUT2D eigenvalue weighted by atomic mass is 9.97. The number of nitrogens with one attached hydrogen (secondary N) is 1. The average Bonchev–Trinajstić information content (AvgIpc) is 2.41. The third kappa shape index (κ3) is 2.81. The maximum atomic E-state index is 14.1. The Labute approximate surface area is 113 Å². The average molecular weight is 284 g/mol. The number of hydrogen-bond acceptors (Lipinski definition) is 2. The van der Waals surface area contributed by atoms with Crippen molar-refractivity contribution in [2.24, 2.45) is 5.84 Å². The lowest BCUT2D eigenvalue weighted by molar-refractivity contribution is -0.140. The van der Waals surface area contributed by atoms with E-state index in [0.717, 1.165) is 6.07 Å². The molecular weight excluding hydrogens is 272 g/mol. The van der Waals surface area contributed by atoms with Crippen molar-refractivity contribution in [2.45, 2.75) is 12.2 Å². The Morgan fingerprint density at radius 1 is 0.950 bits per heavy atom. The van der Waals surface area contributed by atoms with Gasteiger partial charge in [0.15, 0.2) is 0 Å². The lowest BCUT2D eigenvalue weighted by Crippen LogP contribution is -2.30. The predicted molar refractivity (Wildman–Crippen MR) is 67.0 cm³/mol. The minimum absolute atomic E-state index is 0.145. The monoisotopic (exact) mass is 284 g/mol. The maximum Gasteiger partial charge on any atom is 0.419 e. The van der Waals surface area contributed by atoms with Crippen LogP contribution in [0.25, 0.3) is 0 Å². The highest BCUT2D eigenvalue weighted by molar-refractivity contribution is 5.36. The minimum Gasteiger partial charge on any atom is -0.271 e. The fourth-order valence-corrected chi connectivity index (χ4v) is 2.00. The molecule has 2 aromatic rings. The van der Waals surface area contributed by atoms with Crippen LogP contribution in [0.1, 0.15) is 22.7 Å².